The summed E-state index contributed by atoms with van der Waals surface area (Å²) in [5.41, 5.74) is 6.33. The third kappa shape index (κ3) is 2.39. The van der Waals surface area contributed by atoms with Crippen molar-refractivity contribution in [3.05, 3.63) is 36.5 Å². The molecule has 1 unspecified atom stereocenters. The third-order valence-corrected chi connectivity index (χ3v) is 3.13. The van der Waals surface area contributed by atoms with Gasteiger partial charge in [-0.1, -0.05) is 25.1 Å². The number of rotatable bonds is 4. The van der Waals surface area contributed by atoms with E-state index >= 15 is 0 Å². The van der Waals surface area contributed by atoms with Crippen LogP contribution < -0.4 is 10.5 Å². The van der Waals surface area contributed by atoms with Crippen LogP contribution in [0.15, 0.2) is 36.5 Å². The summed E-state index contributed by atoms with van der Waals surface area (Å²) in [6, 6.07) is 9.90. The van der Waals surface area contributed by atoms with E-state index in [9.17, 15) is 0 Å². The van der Waals surface area contributed by atoms with Gasteiger partial charge in [-0.05, 0) is 25.5 Å². The van der Waals surface area contributed by atoms with Gasteiger partial charge >= 0.3 is 0 Å². The van der Waals surface area contributed by atoms with E-state index in [0.717, 1.165) is 23.1 Å². The summed E-state index contributed by atoms with van der Waals surface area (Å²) in [7, 11) is 0. The molecule has 0 saturated carbocycles. The number of aromatic nitrogens is 1. The van der Waals surface area contributed by atoms with Gasteiger partial charge in [0.25, 0.3) is 0 Å². The molecule has 0 bridgehead atoms. The van der Waals surface area contributed by atoms with Crippen LogP contribution in [0.1, 0.15) is 20.3 Å². The molecule has 2 aromatic rings. The highest BCUT2D eigenvalue weighted by Crippen LogP contribution is 2.27. The van der Waals surface area contributed by atoms with Gasteiger partial charge in [-0.25, -0.2) is 0 Å². The Hall–Kier alpha value is -1.61. The normalized spacial score (nSPS) is 14.5. The van der Waals surface area contributed by atoms with Crippen molar-refractivity contribution >= 4 is 10.9 Å². The summed E-state index contributed by atoms with van der Waals surface area (Å²) in [5, 5.41) is 1.08. The molecule has 1 atom stereocenters. The summed E-state index contributed by atoms with van der Waals surface area (Å²) in [4.78, 5) is 4.37. The summed E-state index contributed by atoms with van der Waals surface area (Å²) < 4.78 is 6.03. The minimum absolute atomic E-state index is 0.328. The van der Waals surface area contributed by atoms with Crippen LogP contribution in [0.4, 0.5) is 0 Å². The maximum Gasteiger partial charge on any atom is 0.146 e. The second-order valence-corrected chi connectivity index (χ2v) is 4.44. The van der Waals surface area contributed by atoms with E-state index in [1.807, 2.05) is 37.3 Å². The molecule has 0 radical (unpaired) electrons. The number of fused-ring (bicyclic) bond motifs is 1. The fraction of sp³-hybridized carbons (Fsp3) is 0.357. The Morgan fingerprint density at radius 3 is 2.76 bits per heavy atom. The van der Waals surface area contributed by atoms with Gasteiger partial charge in [0, 0.05) is 18.1 Å². The first-order valence-electron chi connectivity index (χ1n) is 5.91. The number of nitrogens with two attached hydrogens (primary N) is 1. The Kier molecular flexibility index (Phi) is 3.29. The highest BCUT2D eigenvalue weighted by atomic mass is 16.5. The van der Waals surface area contributed by atoms with E-state index in [1.165, 1.54) is 0 Å². The van der Waals surface area contributed by atoms with Gasteiger partial charge in [0.05, 0.1) is 0 Å². The smallest absolute Gasteiger partial charge is 0.146 e. The lowest BCUT2D eigenvalue weighted by Crippen LogP contribution is -2.39. The number of ether oxygens (including phenoxy) is 1. The van der Waals surface area contributed by atoms with Crippen LogP contribution in [-0.2, 0) is 0 Å². The van der Waals surface area contributed by atoms with E-state index < -0.39 is 0 Å². The van der Waals surface area contributed by atoms with E-state index in [-0.39, 0.29) is 5.60 Å². The standard InChI is InChI=1S/C14H18N2O/c1-3-14(2,10-15)17-12-8-4-6-11-7-5-9-16-13(11)12/h4-9H,3,10,15H2,1-2H3. The van der Waals surface area contributed by atoms with Crippen LogP contribution in [0.3, 0.4) is 0 Å². The molecule has 0 fully saturated rings. The molecule has 2 N–H and O–H groups in total. The highest BCUT2D eigenvalue weighted by molar-refractivity contribution is 5.84. The van der Waals surface area contributed by atoms with Crippen LogP contribution in [0.2, 0.25) is 0 Å². The zero-order valence-corrected chi connectivity index (χ0v) is 10.3. The number of pyridine rings is 1. The Bertz CT molecular complexity index is 501. The zero-order chi connectivity index (χ0) is 12.3. The van der Waals surface area contributed by atoms with E-state index in [0.29, 0.717) is 6.54 Å². The molecule has 1 aromatic heterocycles. The number of benzene rings is 1. The topological polar surface area (TPSA) is 48.1 Å². The number of nitrogens with zero attached hydrogens (tertiary/aromatic N) is 1. The van der Waals surface area contributed by atoms with Crippen LogP contribution in [0, 0.1) is 0 Å². The molecule has 0 aliphatic heterocycles. The van der Waals surface area contributed by atoms with Crippen molar-refractivity contribution in [1.82, 2.24) is 4.98 Å². The van der Waals surface area contributed by atoms with Gasteiger partial charge in [-0.2, -0.15) is 0 Å². The lowest BCUT2D eigenvalue weighted by atomic mass is 10.0. The molecule has 3 heteroatoms. The summed E-state index contributed by atoms with van der Waals surface area (Å²) in [6.45, 7) is 4.59. The maximum atomic E-state index is 6.03. The Labute approximate surface area is 102 Å². The number of hydrogen-bond acceptors (Lipinski definition) is 3. The van der Waals surface area contributed by atoms with Crippen LogP contribution in [0.25, 0.3) is 10.9 Å². The van der Waals surface area contributed by atoms with Crippen molar-refractivity contribution in [1.29, 1.82) is 0 Å². The Morgan fingerprint density at radius 1 is 1.29 bits per heavy atom. The predicted molar refractivity (Wildman–Crippen MR) is 70.1 cm³/mol. The number of para-hydroxylation sites is 1. The molecule has 3 nitrogen and oxygen atoms in total. The summed E-state index contributed by atoms with van der Waals surface area (Å²) >= 11 is 0. The van der Waals surface area contributed by atoms with Gasteiger partial charge in [-0.3, -0.25) is 4.98 Å². The molecule has 90 valence electrons. The van der Waals surface area contributed by atoms with Crippen molar-refractivity contribution in [3.63, 3.8) is 0 Å². The fourth-order valence-electron chi connectivity index (χ4n) is 1.68. The van der Waals surface area contributed by atoms with Crippen LogP contribution in [-0.4, -0.2) is 17.1 Å². The average molecular weight is 230 g/mol. The SMILES string of the molecule is CCC(C)(CN)Oc1cccc2cccnc12. The molecule has 0 aliphatic rings. The largest absolute Gasteiger partial charge is 0.484 e. The monoisotopic (exact) mass is 230 g/mol. The Balaban J connectivity index is 2.42. The van der Waals surface area contributed by atoms with Crippen molar-refractivity contribution in [2.45, 2.75) is 25.9 Å². The first-order chi connectivity index (χ1) is 8.18. The lowest BCUT2D eigenvalue weighted by Gasteiger charge is -2.28. The predicted octanol–water partition coefficient (Wildman–Crippen LogP) is 2.74. The molecule has 17 heavy (non-hydrogen) atoms. The van der Waals surface area contributed by atoms with Gasteiger partial charge in [0.1, 0.15) is 16.9 Å². The minimum atomic E-state index is -0.328. The van der Waals surface area contributed by atoms with Gasteiger partial charge < -0.3 is 10.5 Å². The summed E-state index contributed by atoms with van der Waals surface area (Å²) in [5.74, 6) is 0.804. The van der Waals surface area contributed by atoms with E-state index in [1.54, 1.807) is 6.20 Å². The first kappa shape index (κ1) is 11.9. The molecule has 0 aliphatic carbocycles. The first-order valence-corrected chi connectivity index (χ1v) is 5.91. The third-order valence-electron chi connectivity index (χ3n) is 3.13. The second kappa shape index (κ2) is 4.72. The van der Waals surface area contributed by atoms with E-state index in [4.69, 9.17) is 10.5 Å². The molecule has 2 rings (SSSR count). The highest BCUT2D eigenvalue weighted by Gasteiger charge is 2.23. The quantitative estimate of drug-likeness (QED) is 0.878. The van der Waals surface area contributed by atoms with Crippen molar-refractivity contribution in [2.75, 3.05) is 6.54 Å². The molecular weight excluding hydrogens is 212 g/mol. The van der Waals surface area contributed by atoms with Crippen molar-refractivity contribution in [2.24, 2.45) is 5.73 Å². The second-order valence-electron chi connectivity index (χ2n) is 4.44. The van der Waals surface area contributed by atoms with Crippen molar-refractivity contribution < 1.29 is 4.74 Å². The van der Waals surface area contributed by atoms with Crippen LogP contribution >= 0.6 is 0 Å². The van der Waals surface area contributed by atoms with Gasteiger partial charge in [0.2, 0.25) is 0 Å². The molecule has 0 spiro atoms. The summed E-state index contributed by atoms with van der Waals surface area (Å²) in [6.07, 6.45) is 2.65. The molecule has 1 aromatic carbocycles. The Morgan fingerprint density at radius 2 is 2.06 bits per heavy atom. The molecule has 0 amide bonds. The van der Waals surface area contributed by atoms with Gasteiger partial charge in [0.15, 0.2) is 0 Å². The number of hydrogen-bond donors (Lipinski definition) is 1. The molecular formula is C14H18N2O. The fourth-order valence-corrected chi connectivity index (χ4v) is 1.68. The molecule has 1 heterocycles. The minimum Gasteiger partial charge on any atom is -0.484 e. The lowest BCUT2D eigenvalue weighted by molar-refractivity contribution is 0.0952. The van der Waals surface area contributed by atoms with E-state index in [2.05, 4.69) is 11.9 Å². The zero-order valence-electron chi connectivity index (χ0n) is 10.3. The van der Waals surface area contributed by atoms with Gasteiger partial charge in [-0.15, -0.1) is 0 Å². The molecule has 0 saturated heterocycles. The van der Waals surface area contributed by atoms with Crippen molar-refractivity contribution in [3.8, 4) is 5.75 Å². The van der Waals surface area contributed by atoms with Crippen LogP contribution in [0.5, 0.6) is 5.75 Å². The maximum absolute atomic E-state index is 6.03. The average Bonchev–Trinajstić information content (AvgIpc) is 2.39.